The Balaban J connectivity index is 2.13. The summed E-state index contributed by atoms with van der Waals surface area (Å²) < 4.78 is 11.3. The minimum atomic E-state index is -0.0857. The second kappa shape index (κ2) is 5.29. The van der Waals surface area contributed by atoms with Crippen LogP contribution in [0.15, 0.2) is 27.2 Å². The van der Waals surface area contributed by atoms with Gasteiger partial charge in [0.25, 0.3) is 5.89 Å². The Morgan fingerprint density at radius 1 is 1.47 bits per heavy atom. The molecule has 5 nitrogen and oxygen atoms in total. The summed E-state index contributed by atoms with van der Waals surface area (Å²) >= 11 is 3.36. The molecule has 0 bridgehead atoms. The quantitative estimate of drug-likeness (QED) is 0.937. The maximum absolute atomic E-state index is 9.19. The minimum absolute atomic E-state index is 0.0857. The summed E-state index contributed by atoms with van der Waals surface area (Å²) in [6.07, 6.45) is 0. The van der Waals surface area contributed by atoms with E-state index in [1.54, 1.807) is 13.0 Å². The van der Waals surface area contributed by atoms with Crippen LogP contribution in [0.2, 0.25) is 0 Å². The molecule has 0 saturated heterocycles. The predicted octanol–water partition coefficient (Wildman–Crippen LogP) is 2.21. The van der Waals surface area contributed by atoms with Crippen LogP contribution in [-0.2, 0) is 13.2 Å². The Bertz CT molecular complexity index is 513. The van der Waals surface area contributed by atoms with Gasteiger partial charge in [-0.05, 0) is 28.9 Å². The van der Waals surface area contributed by atoms with E-state index in [0.717, 1.165) is 4.47 Å². The van der Waals surface area contributed by atoms with Crippen molar-refractivity contribution in [3.8, 4) is 5.75 Å². The fraction of sp³-hybridized carbons (Fsp3) is 0.273. The van der Waals surface area contributed by atoms with Crippen molar-refractivity contribution in [2.75, 3.05) is 0 Å². The van der Waals surface area contributed by atoms with Gasteiger partial charge in [0.15, 0.2) is 12.4 Å². The number of aliphatic hydroxyl groups excluding tert-OH is 1. The van der Waals surface area contributed by atoms with E-state index in [1.165, 1.54) is 0 Å². The molecular formula is C11H11BrN2O3. The zero-order valence-corrected chi connectivity index (χ0v) is 10.8. The summed E-state index contributed by atoms with van der Waals surface area (Å²) in [7, 11) is 0. The molecule has 6 heteroatoms. The lowest BCUT2D eigenvalue weighted by atomic mass is 10.2. The molecule has 0 aliphatic carbocycles. The van der Waals surface area contributed by atoms with E-state index in [0.29, 0.717) is 23.0 Å². The number of aliphatic hydroxyl groups is 1. The van der Waals surface area contributed by atoms with Crippen molar-refractivity contribution in [2.45, 2.75) is 20.1 Å². The van der Waals surface area contributed by atoms with E-state index in [2.05, 4.69) is 26.1 Å². The Morgan fingerprint density at radius 2 is 2.29 bits per heavy atom. The zero-order valence-electron chi connectivity index (χ0n) is 9.18. The number of aromatic nitrogens is 2. The lowest BCUT2D eigenvalue weighted by molar-refractivity contribution is 0.227. The summed E-state index contributed by atoms with van der Waals surface area (Å²) in [5.41, 5.74) is 0.704. The molecule has 1 heterocycles. The molecule has 2 rings (SSSR count). The SMILES string of the molecule is Cc1noc(COc2c(Br)cccc2CO)n1. The van der Waals surface area contributed by atoms with Gasteiger partial charge in [-0.25, -0.2) is 0 Å². The predicted molar refractivity (Wildman–Crippen MR) is 63.4 cm³/mol. The summed E-state index contributed by atoms with van der Waals surface area (Å²) in [6.45, 7) is 1.83. The summed E-state index contributed by atoms with van der Waals surface area (Å²) in [5, 5.41) is 12.9. The fourth-order valence-corrected chi connectivity index (χ4v) is 1.89. The molecule has 0 radical (unpaired) electrons. The van der Waals surface area contributed by atoms with Crippen LogP contribution in [0.25, 0.3) is 0 Å². The van der Waals surface area contributed by atoms with E-state index >= 15 is 0 Å². The van der Waals surface area contributed by atoms with E-state index in [-0.39, 0.29) is 13.2 Å². The molecule has 0 spiro atoms. The third kappa shape index (κ3) is 2.83. The van der Waals surface area contributed by atoms with Crippen molar-refractivity contribution in [1.29, 1.82) is 0 Å². The highest BCUT2D eigenvalue weighted by molar-refractivity contribution is 9.10. The van der Waals surface area contributed by atoms with Crippen molar-refractivity contribution in [1.82, 2.24) is 10.1 Å². The fourth-order valence-electron chi connectivity index (χ4n) is 1.37. The van der Waals surface area contributed by atoms with Crippen molar-refractivity contribution in [2.24, 2.45) is 0 Å². The van der Waals surface area contributed by atoms with Crippen LogP contribution < -0.4 is 4.74 Å². The normalized spacial score (nSPS) is 10.5. The molecule has 0 fully saturated rings. The van der Waals surface area contributed by atoms with Crippen LogP contribution in [0.1, 0.15) is 17.3 Å². The molecule has 0 atom stereocenters. The highest BCUT2D eigenvalue weighted by atomic mass is 79.9. The highest BCUT2D eigenvalue weighted by Gasteiger charge is 2.09. The molecule has 17 heavy (non-hydrogen) atoms. The largest absolute Gasteiger partial charge is 0.482 e. The van der Waals surface area contributed by atoms with Crippen LogP contribution in [0.3, 0.4) is 0 Å². The Labute approximate surface area is 107 Å². The molecule has 0 aliphatic rings. The van der Waals surface area contributed by atoms with E-state index < -0.39 is 0 Å². The zero-order chi connectivity index (χ0) is 12.3. The van der Waals surface area contributed by atoms with Gasteiger partial charge in [-0.15, -0.1) is 0 Å². The van der Waals surface area contributed by atoms with E-state index in [1.807, 2.05) is 12.1 Å². The second-order valence-electron chi connectivity index (χ2n) is 3.41. The summed E-state index contributed by atoms with van der Waals surface area (Å²) in [4.78, 5) is 4.03. The molecule has 0 amide bonds. The minimum Gasteiger partial charge on any atom is -0.482 e. The molecule has 1 N–H and O–H groups in total. The monoisotopic (exact) mass is 298 g/mol. The maximum atomic E-state index is 9.19. The van der Waals surface area contributed by atoms with Gasteiger partial charge in [0.2, 0.25) is 0 Å². The van der Waals surface area contributed by atoms with Gasteiger partial charge >= 0.3 is 0 Å². The topological polar surface area (TPSA) is 68.4 Å². The Kier molecular flexibility index (Phi) is 3.75. The van der Waals surface area contributed by atoms with Gasteiger partial charge in [-0.1, -0.05) is 17.3 Å². The van der Waals surface area contributed by atoms with Crippen molar-refractivity contribution >= 4 is 15.9 Å². The lowest BCUT2D eigenvalue weighted by Crippen LogP contribution is -2.00. The van der Waals surface area contributed by atoms with Crippen LogP contribution in [0.5, 0.6) is 5.75 Å². The first-order chi connectivity index (χ1) is 8.20. The summed E-state index contributed by atoms with van der Waals surface area (Å²) in [6, 6.07) is 5.46. The third-order valence-electron chi connectivity index (χ3n) is 2.13. The average Bonchev–Trinajstić information content (AvgIpc) is 2.73. The van der Waals surface area contributed by atoms with Gasteiger partial charge < -0.3 is 14.4 Å². The van der Waals surface area contributed by atoms with Crippen LogP contribution >= 0.6 is 15.9 Å². The molecule has 90 valence electrons. The Morgan fingerprint density at radius 3 is 2.94 bits per heavy atom. The van der Waals surface area contributed by atoms with Crippen molar-refractivity contribution in [3.63, 3.8) is 0 Å². The highest BCUT2D eigenvalue weighted by Crippen LogP contribution is 2.29. The van der Waals surface area contributed by atoms with Gasteiger partial charge in [-0.3, -0.25) is 0 Å². The van der Waals surface area contributed by atoms with Gasteiger partial charge in [0.05, 0.1) is 11.1 Å². The van der Waals surface area contributed by atoms with Crippen molar-refractivity contribution in [3.05, 3.63) is 40.0 Å². The van der Waals surface area contributed by atoms with Gasteiger partial charge in [-0.2, -0.15) is 4.98 Å². The number of hydrogen-bond donors (Lipinski definition) is 1. The number of aryl methyl sites for hydroxylation is 1. The number of halogens is 1. The molecule has 0 unspecified atom stereocenters. The first kappa shape index (κ1) is 12.1. The molecule has 1 aromatic carbocycles. The first-order valence-electron chi connectivity index (χ1n) is 5.01. The Hall–Kier alpha value is -1.40. The number of rotatable bonds is 4. The smallest absolute Gasteiger partial charge is 0.264 e. The second-order valence-corrected chi connectivity index (χ2v) is 4.26. The van der Waals surface area contributed by atoms with Gasteiger partial charge in [0.1, 0.15) is 5.75 Å². The standard InChI is InChI=1S/C11H11BrN2O3/c1-7-13-10(17-14-7)6-16-11-8(5-15)3-2-4-9(11)12/h2-4,15H,5-6H2,1H3. The first-order valence-corrected chi connectivity index (χ1v) is 5.80. The van der Waals surface area contributed by atoms with Crippen LogP contribution in [0.4, 0.5) is 0 Å². The lowest BCUT2D eigenvalue weighted by Gasteiger charge is -2.09. The molecule has 1 aromatic heterocycles. The average molecular weight is 299 g/mol. The molecule has 0 aliphatic heterocycles. The van der Waals surface area contributed by atoms with E-state index in [4.69, 9.17) is 9.26 Å². The van der Waals surface area contributed by atoms with E-state index in [9.17, 15) is 5.11 Å². The number of nitrogens with zero attached hydrogens (tertiary/aromatic N) is 2. The van der Waals surface area contributed by atoms with Gasteiger partial charge in [0, 0.05) is 5.56 Å². The van der Waals surface area contributed by atoms with Crippen LogP contribution in [-0.4, -0.2) is 15.2 Å². The van der Waals surface area contributed by atoms with Crippen molar-refractivity contribution < 1.29 is 14.4 Å². The molecule has 0 saturated carbocycles. The number of benzene rings is 1. The number of hydrogen-bond acceptors (Lipinski definition) is 5. The number of ether oxygens (including phenoxy) is 1. The number of para-hydroxylation sites is 1. The third-order valence-corrected chi connectivity index (χ3v) is 2.75. The molecular weight excluding hydrogens is 288 g/mol. The maximum Gasteiger partial charge on any atom is 0.264 e. The summed E-state index contributed by atoms with van der Waals surface area (Å²) in [5.74, 6) is 1.56. The molecule has 2 aromatic rings. The van der Waals surface area contributed by atoms with Crippen LogP contribution in [0, 0.1) is 6.92 Å².